The average molecular weight is 267 g/mol. The number of hydrogen-bond donors (Lipinski definition) is 0. The van der Waals surface area contributed by atoms with E-state index in [9.17, 15) is 0 Å². The number of rotatable bonds is 3. The van der Waals surface area contributed by atoms with Crippen molar-refractivity contribution in [1.82, 2.24) is 8.12 Å². The fourth-order valence-electron chi connectivity index (χ4n) is 1.22. The van der Waals surface area contributed by atoms with Crippen LogP contribution >= 0.6 is 22.9 Å². The lowest BCUT2D eigenvalue weighted by atomic mass is 10.3. The van der Waals surface area contributed by atoms with Crippen LogP contribution in [0.5, 0.6) is 0 Å². The van der Waals surface area contributed by atoms with Crippen molar-refractivity contribution in [2.75, 3.05) is 6.54 Å². The Balaban J connectivity index is 2.47. The molecule has 1 unspecified atom stereocenters. The van der Waals surface area contributed by atoms with E-state index in [-0.39, 0.29) is 0 Å². The first-order chi connectivity index (χ1) is 5.29. The highest BCUT2D eigenvalue weighted by molar-refractivity contribution is 14.1. The van der Waals surface area contributed by atoms with Crippen molar-refractivity contribution in [3.8, 4) is 0 Å². The van der Waals surface area contributed by atoms with Crippen molar-refractivity contribution in [2.24, 2.45) is 5.10 Å². The second-order valence-electron chi connectivity index (χ2n) is 2.60. The van der Waals surface area contributed by atoms with E-state index in [2.05, 4.69) is 49.9 Å². The van der Waals surface area contributed by atoms with E-state index in [0.717, 1.165) is 6.54 Å². The van der Waals surface area contributed by atoms with Gasteiger partial charge in [0.05, 0.1) is 22.9 Å². The molecule has 0 aromatic heterocycles. The van der Waals surface area contributed by atoms with Gasteiger partial charge in [-0.05, 0) is 13.3 Å². The smallest absolute Gasteiger partial charge is 0.128 e. The van der Waals surface area contributed by atoms with Gasteiger partial charge < -0.3 is 0 Å². The number of halogens is 1. The highest BCUT2D eigenvalue weighted by Crippen LogP contribution is 2.19. The minimum Gasteiger partial charge on any atom is -0.280 e. The first kappa shape index (κ1) is 9.09. The van der Waals surface area contributed by atoms with Crippen molar-refractivity contribution < 1.29 is 0 Å². The van der Waals surface area contributed by atoms with Crippen LogP contribution in [0.2, 0.25) is 0 Å². The maximum absolute atomic E-state index is 4.26. The zero-order chi connectivity index (χ0) is 8.27. The van der Waals surface area contributed by atoms with Crippen molar-refractivity contribution in [3.05, 3.63) is 0 Å². The van der Waals surface area contributed by atoms with Gasteiger partial charge in [0.2, 0.25) is 0 Å². The predicted octanol–water partition coefficient (Wildman–Crippen LogP) is 2.04. The third kappa shape index (κ3) is 1.98. The lowest BCUT2D eigenvalue weighted by molar-refractivity contribution is 0.184. The number of hydrazone groups is 1. The molecule has 1 aliphatic rings. The Morgan fingerprint density at radius 3 is 2.82 bits per heavy atom. The van der Waals surface area contributed by atoms with Crippen LogP contribution in [-0.2, 0) is 0 Å². The van der Waals surface area contributed by atoms with Gasteiger partial charge in [0.15, 0.2) is 0 Å². The molecule has 0 radical (unpaired) electrons. The fraction of sp³-hybridized carbons (Fsp3) is 0.857. The van der Waals surface area contributed by atoms with Crippen LogP contribution < -0.4 is 0 Å². The molecule has 11 heavy (non-hydrogen) atoms. The number of hydrogen-bond acceptors (Lipinski definition) is 3. The molecule has 1 heterocycles. The molecule has 0 saturated carbocycles. The van der Waals surface area contributed by atoms with Crippen molar-refractivity contribution >= 4 is 29.2 Å². The maximum Gasteiger partial charge on any atom is 0.128 e. The fourth-order valence-corrected chi connectivity index (χ4v) is 1.90. The first-order valence-corrected chi connectivity index (χ1v) is 5.01. The summed E-state index contributed by atoms with van der Waals surface area (Å²) in [5.74, 6) is 0. The van der Waals surface area contributed by atoms with Gasteiger partial charge in [-0.1, -0.05) is 13.3 Å². The Kier molecular flexibility index (Phi) is 3.42. The van der Waals surface area contributed by atoms with E-state index >= 15 is 0 Å². The molecule has 0 fully saturated rings. The minimum atomic E-state index is 0.491. The van der Waals surface area contributed by atoms with Crippen molar-refractivity contribution in [3.63, 3.8) is 0 Å². The van der Waals surface area contributed by atoms with Crippen LogP contribution in [0.1, 0.15) is 26.7 Å². The van der Waals surface area contributed by atoms with Crippen molar-refractivity contribution in [2.45, 2.75) is 32.9 Å². The van der Waals surface area contributed by atoms with E-state index in [1.807, 2.05) is 6.34 Å². The molecule has 0 N–H and O–H groups in total. The van der Waals surface area contributed by atoms with Gasteiger partial charge in [0, 0.05) is 6.54 Å². The second kappa shape index (κ2) is 4.13. The molecule has 4 heteroatoms. The second-order valence-corrected chi connectivity index (χ2v) is 3.71. The summed E-state index contributed by atoms with van der Waals surface area (Å²) in [5, 5.41) is 6.38. The van der Waals surface area contributed by atoms with E-state index in [0.29, 0.717) is 6.17 Å². The highest BCUT2D eigenvalue weighted by Gasteiger charge is 2.23. The summed E-state index contributed by atoms with van der Waals surface area (Å²) in [6, 6.07) is 0. The van der Waals surface area contributed by atoms with Gasteiger partial charge in [-0.2, -0.15) is 5.10 Å². The van der Waals surface area contributed by atoms with Crippen LogP contribution in [0.25, 0.3) is 0 Å². The molecule has 64 valence electrons. The number of nitrogens with zero attached hydrogens (tertiary/aromatic N) is 3. The Hall–Kier alpha value is 0. The monoisotopic (exact) mass is 267 g/mol. The van der Waals surface area contributed by atoms with Crippen LogP contribution in [0.4, 0.5) is 0 Å². The Morgan fingerprint density at radius 2 is 2.27 bits per heavy atom. The van der Waals surface area contributed by atoms with E-state index in [4.69, 9.17) is 0 Å². The molecule has 0 spiro atoms. The van der Waals surface area contributed by atoms with E-state index in [1.165, 1.54) is 12.8 Å². The molecule has 1 atom stereocenters. The standard InChI is InChI=1S/C7H14IN3/c1-3-5-7-10(8)6-9-11(7)4-2/h6-7H,3-5H2,1-2H3. The van der Waals surface area contributed by atoms with Gasteiger partial charge in [0.25, 0.3) is 0 Å². The lowest BCUT2D eigenvalue weighted by Crippen LogP contribution is -2.33. The minimum absolute atomic E-state index is 0.491. The van der Waals surface area contributed by atoms with Crippen molar-refractivity contribution in [1.29, 1.82) is 0 Å². The van der Waals surface area contributed by atoms with Crippen LogP contribution in [0, 0.1) is 0 Å². The van der Waals surface area contributed by atoms with Crippen LogP contribution in [0.3, 0.4) is 0 Å². The molecule has 3 nitrogen and oxygen atoms in total. The molecule has 1 rings (SSSR count). The normalized spacial score (nSPS) is 23.4. The van der Waals surface area contributed by atoms with Crippen LogP contribution in [-0.4, -0.2) is 27.2 Å². The summed E-state index contributed by atoms with van der Waals surface area (Å²) in [7, 11) is 0. The third-order valence-electron chi connectivity index (χ3n) is 1.81. The van der Waals surface area contributed by atoms with E-state index < -0.39 is 0 Å². The summed E-state index contributed by atoms with van der Waals surface area (Å²) in [6.07, 6.45) is 4.79. The lowest BCUT2D eigenvalue weighted by Gasteiger charge is -2.25. The molecule has 1 aliphatic heterocycles. The van der Waals surface area contributed by atoms with Gasteiger partial charge in [0.1, 0.15) is 12.5 Å². The molecule has 0 aliphatic carbocycles. The van der Waals surface area contributed by atoms with Crippen LogP contribution in [0.15, 0.2) is 5.10 Å². The van der Waals surface area contributed by atoms with Gasteiger partial charge in [-0.15, -0.1) is 0 Å². The Labute approximate surface area is 81.9 Å². The predicted molar refractivity (Wildman–Crippen MR) is 55.4 cm³/mol. The SMILES string of the molecule is CCCC1N(I)C=NN1CC. The quantitative estimate of drug-likeness (QED) is 0.575. The summed E-state index contributed by atoms with van der Waals surface area (Å²) in [4.78, 5) is 0. The summed E-state index contributed by atoms with van der Waals surface area (Å²) in [5.41, 5.74) is 0. The zero-order valence-electron chi connectivity index (χ0n) is 7.00. The molecular weight excluding hydrogens is 253 g/mol. The summed E-state index contributed by atoms with van der Waals surface area (Å²) < 4.78 is 2.14. The molecule has 0 aromatic carbocycles. The summed E-state index contributed by atoms with van der Waals surface area (Å²) >= 11 is 2.30. The zero-order valence-corrected chi connectivity index (χ0v) is 9.15. The summed E-state index contributed by atoms with van der Waals surface area (Å²) in [6.45, 7) is 5.34. The molecule has 0 amide bonds. The molecule has 0 saturated heterocycles. The Bertz CT molecular complexity index is 149. The van der Waals surface area contributed by atoms with E-state index in [1.54, 1.807) is 0 Å². The maximum atomic E-state index is 4.26. The van der Waals surface area contributed by atoms with Gasteiger partial charge in [-0.25, -0.2) is 0 Å². The topological polar surface area (TPSA) is 18.8 Å². The molecule has 0 aromatic rings. The largest absolute Gasteiger partial charge is 0.280 e. The highest BCUT2D eigenvalue weighted by atomic mass is 127. The molecule has 0 bridgehead atoms. The average Bonchev–Trinajstić information content (AvgIpc) is 2.34. The third-order valence-corrected chi connectivity index (χ3v) is 2.70. The first-order valence-electron chi connectivity index (χ1n) is 4.04. The molecular formula is C7H14IN3. The Morgan fingerprint density at radius 1 is 1.55 bits per heavy atom. The van der Waals surface area contributed by atoms with Gasteiger partial charge >= 0.3 is 0 Å². The van der Waals surface area contributed by atoms with Gasteiger partial charge in [-0.3, -0.25) is 8.12 Å².